The maximum absolute atomic E-state index is 13.5. The number of aromatic carboxylic acids is 1. The maximum Gasteiger partial charge on any atom is 0.345 e. The van der Waals surface area contributed by atoms with Crippen LogP contribution < -0.4 is 0 Å². The highest BCUT2D eigenvalue weighted by molar-refractivity contribution is 8.09. The van der Waals surface area contributed by atoms with Gasteiger partial charge in [0, 0.05) is 0 Å². The van der Waals surface area contributed by atoms with Gasteiger partial charge in [0.15, 0.2) is 5.57 Å². The number of rotatable bonds is 5. The van der Waals surface area contributed by atoms with Gasteiger partial charge in [0.1, 0.15) is 0 Å². The molecule has 8 nitrogen and oxygen atoms in total. The molecule has 0 spiro atoms. The minimum Gasteiger partial charge on any atom is -0.478 e. The first-order valence-electron chi connectivity index (χ1n) is 9.19. The number of benzene rings is 2. The van der Waals surface area contributed by atoms with Crippen LogP contribution in [0.15, 0.2) is 77.9 Å². The van der Waals surface area contributed by atoms with Crippen LogP contribution in [-0.2, 0) is 28.9 Å². The molecule has 2 aromatic carbocycles. The average Bonchev–Trinajstić information content (AvgIpc) is 2.80. The van der Waals surface area contributed by atoms with E-state index in [0.717, 1.165) is 14.2 Å². The first kappa shape index (κ1) is 22.7. The van der Waals surface area contributed by atoms with Crippen LogP contribution in [0.3, 0.4) is 0 Å². The third-order valence-electron chi connectivity index (χ3n) is 4.69. The van der Waals surface area contributed by atoms with Gasteiger partial charge in [-0.15, -0.1) is 0 Å². The fourth-order valence-corrected chi connectivity index (χ4v) is 4.82. The van der Waals surface area contributed by atoms with Crippen molar-refractivity contribution in [3.8, 4) is 0 Å². The second kappa shape index (κ2) is 9.03. The Bertz CT molecular complexity index is 1260. The highest BCUT2D eigenvalue weighted by Crippen LogP contribution is 2.39. The van der Waals surface area contributed by atoms with Crippen LogP contribution in [0.25, 0.3) is 9.81 Å². The first-order chi connectivity index (χ1) is 15.2. The molecule has 0 saturated heterocycles. The van der Waals surface area contributed by atoms with E-state index in [0.29, 0.717) is 5.56 Å². The summed E-state index contributed by atoms with van der Waals surface area (Å²) in [6.07, 6.45) is 2.38. The van der Waals surface area contributed by atoms with Crippen LogP contribution in [0, 0.1) is 0 Å². The minimum atomic E-state index is -4.10. The van der Waals surface area contributed by atoms with Crippen LogP contribution in [0.1, 0.15) is 21.5 Å². The van der Waals surface area contributed by atoms with Gasteiger partial charge in [-0.05, 0) is 41.0 Å². The molecule has 3 rings (SSSR count). The van der Waals surface area contributed by atoms with Crippen LogP contribution >= 0.6 is 0 Å². The number of carbonyl (C=O) groups is 3. The zero-order chi connectivity index (χ0) is 23.5. The second-order valence-electron chi connectivity index (χ2n) is 6.58. The van der Waals surface area contributed by atoms with Gasteiger partial charge in [-0.3, -0.25) is 0 Å². The molecule has 0 saturated carbocycles. The molecule has 164 valence electrons. The number of methoxy groups -OCH3 is 2. The number of allylic oxidation sites excluding steroid dienone is 3. The monoisotopic (exact) mass is 454 g/mol. The van der Waals surface area contributed by atoms with Crippen LogP contribution in [0.5, 0.6) is 0 Å². The SMILES string of the molecule is COC(=O)C(C(=O)OC)=C1C=C(c2ccccc2)S(=O)(=O)C(c2ccc(C(=O)O)cc2)=C1. The van der Waals surface area contributed by atoms with Gasteiger partial charge in [0.05, 0.1) is 29.6 Å². The highest BCUT2D eigenvalue weighted by Gasteiger charge is 2.33. The molecule has 0 radical (unpaired) electrons. The van der Waals surface area contributed by atoms with Gasteiger partial charge in [-0.1, -0.05) is 42.5 Å². The van der Waals surface area contributed by atoms with E-state index >= 15 is 0 Å². The Labute approximate surface area is 184 Å². The second-order valence-corrected chi connectivity index (χ2v) is 8.47. The van der Waals surface area contributed by atoms with Crippen molar-refractivity contribution in [2.75, 3.05) is 14.2 Å². The molecule has 0 unspecified atom stereocenters. The van der Waals surface area contributed by atoms with E-state index in [1.807, 2.05) is 0 Å². The highest BCUT2D eigenvalue weighted by atomic mass is 32.2. The molecule has 0 aliphatic carbocycles. The third kappa shape index (κ3) is 4.23. The lowest BCUT2D eigenvalue weighted by Crippen LogP contribution is -2.19. The van der Waals surface area contributed by atoms with E-state index in [2.05, 4.69) is 0 Å². The summed E-state index contributed by atoms with van der Waals surface area (Å²) in [6.45, 7) is 0. The lowest BCUT2D eigenvalue weighted by atomic mass is 10.0. The van der Waals surface area contributed by atoms with Crippen molar-refractivity contribution < 1.29 is 37.4 Å². The van der Waals surface area contributed by atoms with E-state index in [1.54, 1.807) is 30.3 Å². The molecule has 0 atom stereocenters. The summed E-state index contributed by atoms with van der Waals surface area (Å²) in [5.41, 5.74) is 0.00425. The summed E-state index contributed by atoms with van der Waals surface area (Å²) in [4.78, 5) is 35.5. The van der Waals surface area contributed by atoms with E-state index in [4.69, 9.17) is 14.6 Å². The van der Waals surface area contributed by atoms with E-state index in [1.165, 1.54) is 36.4 Å². The smallest absolute Gasteiger partial charge is 0.345 e. The molecule has 9 heteroatoms. The predicted octanol–water partition coefficient (Wildman–Crippen LogP) is 2.84. The van der Waals surface area contributed by atoms with Crippen molar-refractivity contribution in [3.63, 3.8) is 0 Å². The van der Waals surface area contributed by atoms with Crippen LogP contribution in [0.4, 0.5) is 0 Å². The van der Waals surface area contributed by atoms with Crippen molar-refractivity contribution in [1.82, 2.24) is 0 Å². The molecule has 0 fully saturated rings. The molecule has 2 aromatic rings. The third-order valence-corrected chi connectivity index (χ3v) is 6.56. The van der Waals surface area contributed by atoms with Crippen molar-refractivity contribution in [2.24, 2.45) is 0 Å². The number of carboxylic acids is 1. The number of hydrogen-bond donors (Lipinski definition) is 1. The van der Waals surface area contributed by atoms with Crippen LogP contribution in [0.2, 0.25) is 0 Å². The molecule has 1 heterocycles. The Hall–Kier alpha value is -3.98. The summed E-state index contributed by atoms with van der Waals surface area (Å²) < 4.78 is 36.3. The van der Waals surface area contributed by atoms with E-state index < -0.39 is 33.3 Å². The van der Waals surface area contributed by atoms with Gasteiger partial charge in [-0.25, -0.2) is 22.8 Å². The summed E-state index contributed by atoms with van der Waals surface area (Å²) >= 11 is 0. The van der Waals surface area contributed by atoms with E-state index in [-0.39, 0.29) is 26.5 Å². The number of carboxylic acid groups (broad SMARTS) is 1. The number of hydrogen-bond acceptors (Lipinski definition) is 7. The molecule has 32 heavy (non-hydrogen) atoms. The first-order valence-corrected chi connectivity index (χ1v) is 10.7. The molecule has 0 amide bonds. The number of ether oxygens (including phenoxy) is 2. The van der Waals surface area contributed by atoms with E-state index in [9.17, 15) is 22.8 Å². The van der Waals surface area contributed by atoms with Crippen molar-refractivity contribution >= 4 is 37.6 Å². The lowest BCUT2D eigenvalue weighted by Gasteiger charge is -2.19. The average molecular weight is 454 g/mol. The molecule has 0 aromatic heterocycles. The van der Waals surface area contributed by atoms with Crippen molar-refractivity contribution in [1.29, 1.82) is 0 Å². The Morgan fingerprint density at radius 2 is 1.22 bits per heavy atom. The summed E-state index contributed by atoms with van der Waals surface area (Å²) in [5.74, 6) is -3.15. The predicted molar refractivity (Wildman–Crippen MR) is 116 cm³/mol. The zero-order valence-corrected chi connectivity index (χ0v) is 17.9. The van der Waals surface area contributed by atoms with Gasteiger partial charge in [0.25, 0.3) is 0 Å². The molecule has 1 aliphatic rings. The maximum atomic E-state index is 13.5. The topological polar surface area (TPSA) is 124 Å². The Balaban J connectivity index is 2.34. The standard InChI is InChI=1S/C23H18O8S/c1-30-22(26)20(23(27)31-2)17-12-18(14-6-4-3-5-7-14)32(28,29)19(13-17)15-8-10-16(11-9-15)21(24)25/h3-13H,1-2H3,(H,24,25). The Kier molecular flexibility index (Phi) is 6.40. The number of carbonyl (C=O) groups excluding carboxylic acids is 2. The van der Waals surface area contributed by atoms with Crippen LogP contribution in [-0.4, -0.2) is 45.7 Å². The van der Waals surface area contributed by atoms with Gasteiger partial charge in [-0.2, -0.15) is 0 Å². The van der Waals surface area contributed by atoms with Gasteiger partial charge in [0.2, 0.25) is 9.84 Å². The molecular formula is C23H18O8S. The Morgan fingerprint density at radius 1 is 0.750 bits per heavy atom. The molecule has 1 N–H and O–H groups in total. The number of esters is 2. The summed E-state index contributed by atoms with van der Waals surface area (Å²) in [5, 5.41) is 9.12. The zero-order valence-electron chi connectivity index (χ0n) is 17.1. The fraction of sp³-hybridized carbons (Fsp3) is 0.0870. The minimum absolute atomic E-state index is 0.0188. The molecule has 1 aliphatic heterocycles. The normalized spacial score (nSPS) is 14.6. The number of sulfone groups is 1. The van der Waals surface area contributed by atoms with Gasteiger partial charge < -0.3 is 14.6 Å². The van der Waals surface area contributed by atoms with Crippen molar-refractivity contribution in [3.05, 3.63) is 94.6 Å². The quantitative estimate of drug-likeness (QED) is 0.317. The lowest BCUT2D eigenvalue weighted by molar-refractivity contribution is -0.144. The molecule has 0 bridgehead atoms. The largest absolute Gasteiger partial charge is 0.478 e. The van der Waals surface area contributed by atoms with Crippen molar-refractivity contribution in [2.45, 2.75) is 0 Å². The van der Waals surface area contributed by atoms with Gasteiger partial charge >= 0.3 is 17.9 Å². The fourth-order valence-electron chi connectivity index (χ4n) is 3.12. The molecular weight excluding hydrogens is 436 g/mol. The summed E-state index contributed by atoms with van der Waals surface area (Å²) in [6, 6.07) is 13.4. The Morgan fingerprint density at radius 3 is 1.66 bits per heavy atom. The summed E-state index contributed by atoms with van der Waals surface area (Å²) in [7, 11) is -1.93.